The zero-order valence-corrected chi connectivity index (χ0v) is 19.6. The van der Waals surface area contributed by atoms with Crippen molar-refractivity contribution in [1.82, 2.24) is 0 Å². The molecule has 0 saturated heterocycles. The van der Waals surface area contributed by atoms with Gasteiger partial charge in [-0.2, -0.15) is 0 Å². The minimum absolute atomic E-state index is 0.320. The SMILES string of the molecule is COc1ccc([C@H]2[C@@H](C(=O)Nc3ccccc3)C(=O)C[C@](C)(O)[C@H]2C(=O)Nc2ccccc2)cc1. The fraction of sp³-hybridized carbons (Fsp3) is 0.250. The number of para-hydroxylation sites is 2. The van der Waals surface area contributed by atoms with Crippen LogP contribution in [-0.2, 0) is 14.4 Å². The van der Waals surface area contributed by atoms with Crippen LogP contribution in [-0.4, -0.2) is 35.4 Å². The number of ketones is 1. The molecule has 180 valence electrons. The summed E-state index contributed by atoms with van der Waals surface area (Å²) in [4.78, 5) is 40.3. The molecule has 2 amide bonds. The van der Waals surface area contributed by atoms with E-state index in [0.29, 0.717) is 22.7 Å². The van der Waals surface area contributed by atoms with Gasteiger partial charge in [-0.15, -0.1) is 0 Å². The van der Waals surface area contributed by atoms with E-state index in [1.807, 2.05) is 12.1 Å². The van der Waals surface area contributed by atoms with Gasteiger partial charge in [-0.3, -0.25) is 14.4 Å². The van der Waals surface area contributed by atoms with Crippen molar-refractivity contribution in [2.24, 2.45) is 11.8 Å². The van der Waals surface area contributed by atoms with Gasteiger partial charge in [0.15, 0.2) is 0 Å². The maximum atomic E-state index is 13.6. The zero-order valence-electron chi connectivity index (χ0n) is 19.6. The summed E-state index contributed by atoms with van der Waals surface area (Å²) in [6, 6.07) is 24.6. The molecule has 1 saturated carbocycles. The first-order chi connectivity index (χ1) is 16.8. The normalized spacial score (nSPS) is 23.9. The largest absolute Gasteiger partial charge is 0.497 e. The van der Waals surface area contributed by atoms with Crippen molar-refractivity contribution in [2.45, 2.75) is 24.9 Å². The molecule has 0 radical (unpaired) electrons. The van der Waals surface area contributed by atoms with Gasteiger partial charge in [0.25, 0.3) is 0 Å². The lowest BCUT2D eigenvalue weighted by Gasteiger charge is -2.44. The average Bonchev–Trinajstić information content (AvgIpc) is 2.84. The molecule has 3 N–H and O–H groups in total. The molecule has 1 aliphatic carbocycles. The van der Waals surface area contributed by atoms with Gasteiger partial charge in [0.2, 0.25) is 11.8 Å². The van der Waals surface area contributed by atoms with Gasteiger partial charge in [0.05, 0.1) is 18.6 Å². The monoisotopic (exact) mass is 472 g/mol. The van der Waals surface area contributed by atoms with E-state index in [1.54, 1.807) is 72.8 Å². The van der Waals surface area contributed by atoms with Crippen LogP contribution in [0.15, 0.2) is 84.9 Å². The highest BCUT2D eigenvalue weighted by atomic mass is 16.5. The third-order valence-electron chi connectivity index (χ3n) is 6.42. The van der Waals surface area contributed by atoms with Crippen molar-refractivity contribution in [3.05, 3.63) is 90.5 Å². The molecule has 0 aromatic heterocycles. The smallest absolute Gasteiger partial charge is 0.235 e. The molecular weight excluding hydrogens is 444 g/mol. The van der Waals surface area contributed by atoms with E-state index >= 15 is 0 Å². The standard InChI is InChI=1S/C28H28N2O5/c1-28(34)17-22(31)24(26(32)29-19-9-5-3-6-10-19)23(18-13-15-21(35-2)16-14-18)25(28)27(33)30-20-11-7-4-8-12-20/h3-16,23-25,34H,17H2,1-2H3,(H,29,32)(H,30,33)/t23-,24-,25+,28-/m0/s1. The minimum Gasteiger partial charge on any atom is -0.497 e. The molecule has 4 rings (SSSR count). The zero-order chi connectivity index (χ0) is 25.0. The highest BCUT2D eigenvalue weighted by molar-refractivity contribution is 6.10. The Labute approximate surface area is 204 Å². The van der Waals surface area contributed by atoms with Crippen LogP contribution >= 0.6 is 0 Å². The number of carbonyl (C=O) groups is 3. The first-order valence-corrected chi connectivity index (χ1v) is 11.4. The highest BCUT2D eigenvalue weighted by Crippen LogP contribution is 2.46. The van der Waals surface area contributed by atoms with Crippen LogP contribution in [0.25, 0.3) is 0 Å². The Morgan fingerprint density at radius 1 is 0.857 bits per heavy atom. The molecule has 4 atom stereocenters. The Morgan fingerprint density at radius 3 is 1.89 bits per heavy atom. The molecule has 1 fully saturated rings. The molecule has 0 heterocycles. The number of benzene rings is 3. The number of methoxy groups -OCH3 is 1. The quantitative estimate of drug-likeness (QED) is 0.470. The molecule has 0 aliphatic heterocycles. The van der Waals surface area contributed by atoms with Gasteiger partial charge in [-0.05, 0) is 48.9 Å². The van der Waals surface area contributed by atoms with Crippen molar-refractivity contribution in [3.63, 3.8) is 0 Å². The van der Waals surface area contributed by atoms with E-state index in [9.17, 15) is 19.5 Å². The Hall–Kier alpha value is -3.97. The number of aliphatic hydroxyl groups is 1. The van der Waals surface area contributed by atoms with Crippen LogP contribution < -0.4 is 15.4 Å². The Bertz CT molecular complexity index is 1190. The van der Waals surface area contributed by atoms with Crippen LogP contribution in [0.2, 0.25) is 0 Å². The van der Waals surface area contributed by atoms with Crippen molar-refractivity contribution in [2.75, 3.05) is 17.7 Å². The number of amides is 2. The molecule has 3 aromatic carbocycles. The maximum Gasteiger partial charge on any atom is 0.235 e. The lowest BCUT2D eigenvalue weighted by molar-refractivity contribution is -0.150. The lowest BCUT2D eigenvalue weighted by Crippen LogP contribution is -2.56. The number of Topliss-reactive ketones (excluding diaryl/α,β-unsaturated/α-hetero) is 1. The fourth-order valence-electron chi connectivity index (χ4n) is 4.80. The Balaban J connectivity index is 1.76. The summed E-state index contributed by atoms with van der Waals surface area (Å²) in [5.74, 6) is -3.95. The van der Waals surface area contributed by atoms with Crippen LogP contribution in [0.1, 0.15) is 24.8 Å². The van der Waals surface area contributed by atoms with Crippen molar-refractivity contribution in [3.8, 4) is 5.75 Å². The van der Waals surface area contributed by atoms with Gasteiger partial charge in [0.1, 0.15) is 17.5 Å². The van der Waals surface area contributed by atoms with Gasteiger partial charge >= 0.3 is 0 Å². The van der Waals surface area contributed by atoms with Gasteiger partial charge in [-0.25, -0.2) is 0 Å². The molecule has 0 spiro atoms. The molecule has 0 bridgehead atoms. The molecule has 35 heavy (non-hydrogen) atoms. The first kappa shape index (κ1) is 24.2. The summed E-state index contributed by atoms with van der Waals surface area (Å²) in [7, 11) is 1.54. The molecule has 1 aliphatic rings. The molecule has 3 aromatic rings. The topological polar surface area (TPSA) is 105 Å². The van der Waals surface area contributed by atoms with E-state index in [-0.39, 0.29) is 6.42 Å². The minimum atomic E-state index is -1.66. The van der Waals surface area contributed by atoms with E-state index < -0.39 is 41.0 Å². The van der Waals surface area contributed by atoms with Gasteiger partial charge < -0.3 is 20.5 Å². The van der Waals surface area contributed by atoms with Crippen molar-refractivity contribution < 1.29 is 24.2 Å². The molecule has 7 heteroatoms. The number of hydrogen-bond acceptors (Lipinski definition) is 5. The lowest BCUT2D eigenvalue weighted by atomic mass is 9.61. The van der Waals surface area contributed by atoms with Crippen LogP contribution in [0.3, 0.4) is 0 Å². The van der Waals surface area contributed by atoms with Gasteiger partial charge in [-0.1, -0.05) is 48.5 Å². The van der Waals surface area contributed by atoms with Crippen LogP contribution in [0.5, 0.6) is 5.75 Å². The number of hydrogen-bond donors (Lipinski definition) is 3. The number of carbonyl (C=O) groups excluding carboxylic acids is 3. The summed E-state index contributed by atoms with van der Waals surface area (Å²) >= 11 is 0. The van der Waals surface area contributed by atoms with Crippen molar-refractivity contribution in [1.29, 1.82) is 0 Å². The van der Waals surface area contributed by atoms with Crippen LogP contribution in [0, 0.1) is 11.8 Å². The molecule has 7 nitrogen and oxygen atoms in total. The van der Waals surface area contributed by atoms with Crippen molar-refractivity contribution >= 4 is 29.0 Å². The average molecular weight is 473 g/mol. The second-order valence-corrected chi connectivity index (χ2v) is 8.97. The van der Waals surface area contributed by atoms with E-state index in [0.717, 1.165) is 0 Å². The van der Waals surface area contributed by atoms with Crippen LogP contribution in [0.4, 0.5) is 11.4 Å². The van der Waals surface area contributed by atoms with E-state index in [1.165, 1.54) is 14.0 Å². The predicted octanol–water partition coefficient (Wildman–Crippen LogP) is 4.01. The molecule has 0 unspecified atom stereocenters. The summed E-state index contributed by atoms with van der Waals surface area (Å²) in [6.45, 7) is 1.47. The molecular formula is C28H28N2O5. The number of rotatable bonds is 6. The summed E-state index contributed by atoms with van der Waals surface area (Å²) < 4.78 is 5.25. The summed E-state index contributed by atoms with van der Waals surface area (Å²) in [5, 5.41) is 17.0. The van der Waals surface area contributed by atoms with E-state index in [4.69, 9.17) is 4.74 Å². The second kappa shape index (κ2) is 10.1. The predicted molar refractivity (Wildman–Crippen MR) is 133 cm³/mol. The fourth-order valence-corrected chi connectivity index (χ4v) is 4.80. The summed E-state index contributed by atoms with van der Waals surface area (Å²) in [6.07, 6.45) is -0.320. The third-order valence-corrected chi connectivity index (χ3v) is 6.42. The maximum absolute atomic E-state index is 13.6. The van der Waals surface area contributed by atoms with E-state index in [2.05, 4.69) is 10.6 Å². The Kier molecular flexibility index (Phi) is 6.98. The second-order valence-electron chi connectivity index (χ2n) is 8.97. The number of nitrogens with one attached hydrogen (secondary N) is 2. The highest BCUT2D eigenvalue weighted by Gasteiger charge is 2.55. The first-order valence-electron chi connectivity index (χ1n) is 11.4. The van der Waals surface area contributed by atoms with Gasteiger partial charge in [0, 0.05) is 23.7 Å². The Morgan fingerprint density at radius 2 is 1.37 bits per heavy atom. The number of ether oxygens (including phenoxy) is 1. The third kappa shape index (κ3) is 5.25. The number of anilines is 2. The summed E-state index contributed by atoms with van der Waals surface area (Å²) in [5.41, 5.74) is 0.0234.